The smallest absolute Gasteiger partial charge is 0.207 e. The van der Waals surface area contributed by atoms with Gasteiger partial charge < -0.3 is 0 Å². The van der Waals surface area contributed by atoms with Crippen molar-refractivity contribution in [1.82, 2.24) is 4.98 Å². The quantitative estimate of drug-likeness (QED) is 0.501. The van der Waals surface area contributed by atoms with Crippen molar-refractivity contribution in [3.63, 3.8) is 0 Å². The van der Waals surface area contributed by atoms with Crippen LogP contribution in [-0.4, -0.2) is 16.5 Å². The van der Waals surface area contributed by atoms with Crippen molar-refractivity contribution in [3.05, 3.63) is 39.7 Å². The van der Waals surface area contributed by atoms with Crippen LogP contribution in [0.15, 0.2) is 18.3 Å². The molecule has 0 unspecified atom stereocenters. The molecule has 0 radical (unpaired) electrons. The zero-order valence-corrected chi connectivity index (χ0v) is 6.86. The Kier molecular flexibility index (Phi) is 2.74. The molecule has 0 amide bonds. The first kappa shape index (κ1) is 8.64. The van der Waals surface area contributed by atoms with Gasteiger partial charge in [-0.25, -0.2) is 0 Å². The molecule has 1 aromatic rings. The summed E-state index contributed by atoms with van der Waals surface area (Å²) in [5.41, 5.74) is 1.83. The van der Waals surface area contributed by atoms with Gasteiger partial charge in [-0.05, 0) is 18.6 Å². The van der Waals surface area contributed by atoms with E-state index in [-0.39, 0.29) is 11.5 Å². The van der Waals surface area contributed by atoms with E-state index in [0.717, 1.165) is 11.3 Å². The molecule has 1 rings (SSSR count). The topological polar surface area (TPSA) is 56.0 Å². The van der Waals surface area contributed by atoms with Crippen LogP contribution in [0.3, 0.4) is 0 Å². The molecular formula is C8H10N2O2. The van der Waals surface area contributed by atoms with Gasteiger partial charge in [0.1, 0.15) is 0 Å². The minimum atomic E-state index is -0.313. The Morgan fingerprint density at radius 3 is 3.00 bits per heavy atom. The molecule has 1 aromatic heterocycles. The van der Waals surface area contributed by atoms with Gasteiger partial charge in [0.25, 0.3) is 0 Å². The van der Waals surface area contributed by atoms with Crippen molar-refractivity contribution in [2.24, 2.45) is 0 Å². The molecule has 64 valence electrons. The number of rotatable bonds is 3. The highest BCUT2D eigenvalue weighted by atomic mass is 16.6. The van der Waals surface area contributed by atoms with Gasteiger partial charge in [-0.3, -0.25) is 15.1 Å². The van der Waals surface area contributed by atoms with Crippen LogP contribution in [0.5, 0.6) is 0 Å². The summed E-state index contributed by atoms with van der Waals surface area (Å²) < 4.78 is 0. The molecule has 4 heteroatoms. The van der Waals surface area contributed by atoms with Crippen molar-refractivity contribution < 1.29 is 4.92 Å². The highest BCUT2D eigenvalue weighted by Gasteiger charge is 2.02. The number of aromatic nitrogens is 1. The van der Waals surface area contributed by atoms with E-state index in [4.69, 9.17) is 0 Å². The first-order valence-electron chi connectivity index (χ1n) is 3.72. The molecule has 0 aliphatic heterocycles. The van der Waals surface area contributed by atoms with Crippen molar-refractivity contribution in [3.8, 4) is 0 Å². The van der Waals surface area contributed by atoms with Crippen molar-refractivity contribution >= 4 is 0 Å². The van der Waals surface area contributed by atoms with E-state index in [1.54, 1.807) is 12.3 Å². The Labute approximate surface area is 70.4 Å². The lowest BCUT2D eigenvalue weighted by Gasteiger charge is -1.99. The summed E-state index contributed by atoms with van der Waals surface area (Å²) in [6.45, 7) is 1.84. The van der Waals surface area contributed by atoms with Gasteiger partial charge in [0.05, 0.1) is 0 Å². The van der Waals surface area contributed by atoms with E-state index in [1.165, 1.54) is 0 Å². The lowest BCUT2D eigenvalue weighted by Crippen LogP contribution is -2.05. The van der Waals surface area contributed by atoms with Crippen LogP contribution in [0.2, 0.25) is 0 Å². The maximum Gasteiger partial charge on any atom is 0.207 e. The molecular weight excluding hydrogens is 156 g/mol. The SMILES string of the molecule is Cc1ncccc1CC[N+](=O)[O-]. The molecule has 4 nitrogen and oxygen atoms in total. The Morgan fingerprint density at radius 2 is 2.42 bits per heavy atom. The molecule has 0 aliphatic rings. The molecule has 0 aliphatic carbocycles. The maximum absolute atomic E-state index is 10.1. The second kappa shape index (κ2) is 3.80. The summed E-state index contributed by atoms with van der Waals surface area (Å²) in [6.07, 6.45) is 2.15. The highest BCUT2D eigenvalue weighted by molar-refractivity contribution is 5.18. The minimum absolute atomic E-state index is 0.0213. The fourth-order valence-electron chi connectivity index (χ4n) is 0.994. The number of nitrogens with zero attached hydrogens (tertiary/aromatic N) is 2. The Balaban J connectivity index is 2.63. The van der Waals surface area contributed by atoms with E-state index in [9.17, 15) is 10.1 Å². The second-order valence-electron chi connectivity index (χ2n) is 2.55. The summed E-state index contributed by atoms with van der Waals surface area (Å²) in [5, 5.41) is 10.1. The van der Waals surface area contributed by atoms with Crippen LogP contribution in [0, 0.1) is 17.0 Å². The predicted octanol–water partition coefficient (Wildman–Crippen LogP) is 1.21. The highest BCUT2D eigenvalue weighted by Crippen LogP contribution is 2.03. The van der Waals surface area contributed by atoms with E-state index in [0.29, 0.717) is 6.42 Å². The van der Waals surface area contributed by atoms with Crippen molar-refractivity contribution in [2.75, 3.05) is 6.54 Å². The van der Waals surface area contributed by atoms with Crippen LogP contribution < -0.4 is 0 Å². The van der Waals surface area contributed by atoms with Crippen molar-refractivity contribution in [1.29, 1.82) is 0 Å². The van der Waals surface area contributed by atoms with E-state index in [2.05, 4.69) is 4.98 Å². The van der Waals surface area contributed by atoms with Gasteiger partial charge in [0, 0.05) is 23.2 Å². The molecule has 0 fully saturated rings. The molecule has 12 heavy (non-hydrogen) atoms. The van der Waals surface area contributed by atoms with Crippen LogP contribution in [-0.2, 0) is 6.42 Å². The summed E-state index contributed by atoms with van der Waals surface area (Å²) in [4.78, 5) is 13.8. The zero-order valence-electron chi connectivity index (χ0n) is 6.86. The average molecular weight is 166 g/mol. The molecule has 0 saturated heterocycles. The fraction of sp³-hybridized carbons (Fsp3) is 0.375. The summed E-state index contributed by atoms with van der Waals surface area (Å²) in [7, 11) is 0. The number of pyridine rings is 1. The average Bonchev–Trinajstić information content (AvgIpc) is 2.03. The minimum Gasteiger partial charge on any atom is -0.265 e. The zero-order chi connectivity index (χ0) is 8.97. The van der Waals surface area contributed by atoms with Gasteiger partial charge in [-0.2, -0.15) is 0 Å². The van der Waals surface area contributed by atoms with Crippen LogP contribution >= 0.6 is 0 Å². The molecule has 0 N–H and O–H groups in total. The lowest BCUT2D eigenvalue weighted by atomic mass is 10.1. The van der Waals surface area contributed by atoms with E-state index in [1.807, 2.05) is 13.0 Å². The van der Waals surface area contributed by atoms with E-state index < -0.39 is 0 Å². The monoisotopic (exact) mass is 166 g/mol. The molecule has 0 spiro atoms. The van der Waals surface area contributed by atoms with Crippen LogP contribution in [0.1, 0.15) is 11.3 Å². The van der Waals surface area contributed by atoms with Gasteiger partial charge in [-0.15, -0.1) is 0 Å². The predicted molar refractivity (Wildman–Crippen MR) is 44.5 cm³/mol. The maximum atomic E-state index is 10.1. The largest absolute Gasteiger partial charge is 0.265 e. The molecule has 0 atom stereocenters. The molecule has 1 heterocycles. The van der Waals surface area contributed by atoms with Crippen molar-refractivity contribution in [2.45, 2.75) is 13.3 Å². The lowest BCUT2D eigenvalue weighted by molar-refractivity contribution is -0.479. The standard InChI is InChI=1S/C8H10N2O2/c1-7-8(3-2-5-9-7)4-6-10(11)12/h2-3,5H,4,6H2,1H3. The molecule has 0 aromatic carbocycles. The Morgan fingerprint density at radius 1 is 1.67 bits per heavy atom. The van der Waals surface area contributed by atoms with Gasteiger partial charge in [-0.1, -0.05) is 6.07 Å². The summed E-state index contributed by atoms with van der Waals surface area (Å²) in [5.74, 6) is 0. The third-order valence-electron chi connectivity index (χ3n) is 1.68. The Hall–Kier alpha value is -1.45. The number of nitro groups is 1. The van der Waals surface area contributed by atoms with Crippen LogP contribution in [0.4, 0.5) is 0 Å². The second-order valence-corrected chi connectivity index (χ2v) is 2.55. The van der Waals surface area contributed by atoms with E-state index >= 15 is 0 Å². The molecule has 0 saturated carbocycles. The van der Waals surface area contributed by atoms with Gasteiger partial charge in [0.15, 0.2) is 0 Å². The number of hydrogen-bond acceptors (Lipinski definition) is 3. The number of aryl methyl sites for hydroxylation is 1. The number of hydrogen-bond donors (Lipinski definition) is 0. The third-order valence-corrected chi connectivity index (χ3v) is 1.68. The van der Waals surface area contributed by atoms with Gasteiger partial charge in [0.2, 0.25) is 6.54 Å². The normalized spacial score (nSPS) is 9.75. The first-order chi connectivity index (χ1) is 5.70. The summed E-state index contributed by atoms with van der Waals surface area (Å²) >= 11 is 0. The van der Waals surface area contributed by atoms with Gasteiger partial charge >= 0.3 is 0 Å². The first-order valence-corrected chi connectivity index (χ1v) is 3.72. The van der Waals surface area contributed by atoms with Crippen LogP contribution in [0.25, 0.3) is 0 Å². The third kappa shape index (κ3) is 2.30. The summed E-state index contributed by atoms with van der Waals surface area (Å²) in [6, 6.07) is 3.66. The fourth-order valence-corrected chi connectivity index (χ4v) is 0.994. The Bertz CT molecular complexity index is 286. The molecule has 0 bridgehead atoms.